The van der Waals surface area contributed by atoms with Crippen molar-refractivity contribution >= 4 is 48.3 Å². The van der Waals surface area contributed by atoms with Gasteiger partial charge in [0.2, 0.25) is 0 Å². The van der Waals surface area contributed by atoms with Gasteiger partial charge in [-0.25, -0.2) is 38.4 Å². The Balaban J connectivity index is 0.000000239. The Kier molecular flexibility index (Phi) is 17.0. The lowest BCUT2D eigenvalue weighted by atomic mass is 9.78. The van der Waals surface area contributed by atoms with Crippen LogP contribution < -0.4 is 0 Å². The molecule has 9 atom stereocenters. The maximum Gasteiger partial charge on any atom is 0.411 e. The molecule has 2 bridgehead atoms. The van der Waals surface area contributed by atoms with E-state index >= 15 is 0 Å². The number of carbonyl (C=O) groups excluding carboxylic acids is 8. The number of esters is 4. The Morgan fingerprint density at radius 3 is 1.63 bits per heavy atom. The van der Waals surface area contributed by atoms with Crippen molar-refractivity contribution in [1.29, 1.82) is 0 Å². The Morgan fingerprint density at radius 1 is 0.603 bits per heavy atom. The summed E-state index contributed by atoms with van der Waals surface area (Å²) in [5, 5.41) is 0. The average molecular weight is 895 g/mol. The van der Waals surface area contributed by atoms with Crippen LogP contribution in [0.15, 0.2) is 25.7 Å². The van der Waals surface area contributed by atoms with Gasteiger partial charge >= 0.3 is 48.3 Å². The van der Waals surface area contributed by atoms with Crippen molar-refractivity contribution in [1.82, 2.24) is 19.6 Å². The van der Waals surface area contributed by atoms with Gasteiger partial charge in [-0.3, -0.25) is 9.80 Å². The van der Waals surface area contributed by atoms with Crippen molar-refractivity contribution in [2.24, 2.45) is 29.6 Å². The molecule has 4 saturated carbocycles. The molecule has 6 fully saturated rings. The quantitative estimate of drug-likeness (QED) is 0.0594. The van der Waals surface area contributed by atoms with Gasteiger partial charge in [0, 0.05) is 41.3 Å². The molecule has 6 aliphatic rings. The predicted molar refractivity (Wildman–Crippen MR) is 212 cm³/mol. The molecule has 0 aromatic carbocycles. The molecule has 22 nitrogen and oxygen atoms in total. The van der Waals surface area contributed by atoms with Crippen molar-refractivity contribution in [3.63, 3.8) is 0 Å². The molecule has 0 radical (unpaired) electrons. The first-order chi connectivity index (χ1) is 30.0. The van der Waals surface area contributed by atoms with Crippen LogP contribution in [0, 0.1) is 29.6 Å². The monoisotopic (exact) mass is 894 g/mol. The number of hydrogen-bond acceptors (Lipinski definition) is 18. The minimum atomic E-state index is -0.841. The Labute approximate surface area is 364 Å². The van der Waals surface area contributed by atoms with Crippen molar-refractivity contribution in [2.45, 2.75) is 68.9 Å². The van der Waals surface area contributed by atoms with E-state index in [1.165, 1.54) is 50.8 Å². The highest BCUT2D eigenvalue weighted by Crippen LogP contribution is 2.72. The number of rotatable bonds is 19. The number of nitrogens with zero attached hydrogens (tertiary/aromatic N) is 4. The first-order valence-electron chi connectivity index (χ1n) is 20.8. The highest BCUT2D eigenvalue weighted by Gasteiger charge is 2.76. The average Bonchev–Trinajstić information content (AvgIpc) is 4.06. The Hall–Kier alpha value is -5.64. The van der Waals surface area contributed by atoms with Crippen molar-refractivity contribution in [2.75, 3.05) is 87.6 Å². The lowest BCUT2D eigenvalue weighted by Gasteiger charge is -2.26. The van der Waals surface area contributed by atoms with Gasteiger partial charge in [0.1, 0.15) is 6.67 Å². The standard InChI is InChI=1S/C22H30N2O9.C19H28N2O9/c1-4-29-17(25)10-31-20(27)23(2)12-24(3)21(28)32-11-18(26)30-9-13-5-6-15-14-7-16-22(8-14,33-16)19(13)15;1-4-26-16(22)11-28-18(24)20(2)7-8-21(3)19(25)29-12-17(23)27-10-13-5-6-14-15(9-13)30-14/h4,13-16,19H,1,5-12H2,2-3H3;4,13-15H,1,5-12H2,2-3H3. The van der Waals surface area contributed by atoms with E-state index in [0.29, 0.717) is 49.3 Å². The Morgan fingerprint density at radius 2 is 1.11 bits per heavy atom. The highest BCUT2D eigenvalue weighted by molar-refractivity contribution is 5.78. The number of hydrogen-bond donors (Lipinski definition) is 0. The molecule has 0 N–H and O–H groups in total. The summed E-state index contributed by atoms with van der Waals surface area (Å²) in [5.74, 6) is -0.232. The zero-order chi connectivity index (χ0) is 45.8. The largest absolute Gasteiger partial charge is 0.463 e. The number of ether oxygens (including phenoxy) is 10. The van der Waals surface area contributed by atoms with Crippen LogP contribution in [0.25, 0.3) is 0 Å². The third kappa shape index (κ3) is 13.4. The number of likely N-dealkylation sites (N-methyl/N-ethyl adjacent to an activating group) is 2. The van der Waals surface area contributed by atoms with Crippen LogP contribution in [0.5, 0.6) is 0 Å². The summed E-state index contributed by atoms with van der Waals surface area (Å²) in [6.07, 6.45) is 7.23. The normalized spacial score (nSPS) is 27.1. The van der Waals surface area contributed by atoms with Gasteiger partial charge in [0.15, 0.2) is 26.4 Å². The van der Waals surface area contributed by atoms with Crippen molar-refractivity contribution in [3.05, 3.63) is 25.7 Å². The molecular weight excluding hydrogens is 836 g/mol. The fraction of sp³-hybridized carbons (Fsp3) is 0.707. The third-order valence-electron chi connectivity index (χ3n) is 12.1. The summed E-state index contributed by atoms with van der Waals surface area (Å²) in [6.45, 7) is 4.97. The topological polar surface area (TPSA) is 248 Å². The van der Waals surface area contributed by atoms with E-state index in [9.17, 15) is 38.4 Å². The van der Waals surface area contributed by atoms with Crippen LogP contribution in [-0.2, 0) is 66.5 Å². The predicted octanol–water partition coefficient (Wildman–Crippen LogP) is 2.43. The van der Waals surface area contributed by atoms with Gasteiger partial charge in [-0.1, -0.05) is 13.2 Å². The van der Waals surface area contributed by atoms with Crippen LogP contribution >= 0.6 is 0 Å². The second-order valence-electron chi connectivity index (χ2n) is 16.5. The summed E-state index contributed by atoms with van der Waals surface area (Å²) in [6, 6.07) is 0. The second-order valence-corrected chi connectivity index (χ2v) is 16.5. The molecule has 63 heavy (non-hydrogen) atoms. The van der Waals surface area contributed by atoms with Crippen LogP contribution in [0.1, 0.15) is 44.9 Å². The lowest BCUT2D eigenvalue weighted by molar-refractivity contribution is -0.149. The van der Waals surface area contributed by atoms with Gasteiger partial charge < -0.3 is 57.2 Å². The minimum Gasteiger partial charge on any atom is -0.463 e. The molecule has 4 aliphatic carbocycles. The number of fused-ring (bicyclic) bond motifs is 4. The number of amides is 4. The first kappa shape index (κ1) is 48.4. The van der Waals surface area contributed by atoms with Gasteiger partial charge in [-0.05, 0) is 74.5 Å². The molecule has 6 rings (SSSR count). The van der Waals surface area contributed by atoms with E-state index in [4.69, 9.17) is 37.9 Å². The summed E-state index contributed by atoms with van der Waals surface area (Å²) >= 11 is 0. The zero-order valence-electron chi connectivity index (χ0n) is 36.1. The van der Waals surface area contributed by atoms with E-state index in [0.717, 1.165) is 60.3 Å². The molecule has 4 amide bonds. The summed E-state index contributed by atoms with van der Waals surface area (Å²) in [5.41, 5.74) is 0.0528. The van der Waals surface area contributed by atoms with Gasteiger partial charge in [-0.2, -0.15) is 0 Å². The number of carbonyl (C=O) groups is 8. The van der Waals surface area contributed by atoms with Gasteiger partial charge in [0.05, 0.1) is 49.7 Å². The zero-order valence-corrected chi connectivity index (χ0v) is 36.1. The fourth-order valence-corrected chi connectivity index (χ4v) is 9.00. The molecule has 2 aliphatic heterocycles. The fourth-order valence-electron chi connectivity index (χ4n) is 9.00. The molecule has 2 heterocycles. The van der Waals surface area contributed by atoms with Crippen molar-refractivity contribution < 1.29 is 85.7 Å². The van der Waals surface area contributed by atoms with E-state index in [-0.39, 0.29) is 31.3 Å². The maximum atomic E-state index is 12.1. The molecule has 0 aromatic heterocycles. The van der Waals surface area contributed by atoms with Crippen LogP contribution in [-0.4, -0.2) is 179 Å². The van der Waals surface area contributed by atoms with Crippen LogP contribution in [0.2, 0.25) is 0 Å². The van der Waals surface area contributed by atoms with Crippen LogP contribution in [0.4, 0.5) is 19.2 Å². The van der Waals surface area contributed by atoms with E-state index in [1.807, 2.05) is 0 Å². The second kappa shape index (κ2) is 22.1. The van der Waals surface area contributed by atoms with E-state index < -0.39 is 74.7 Å². The lowest BCUT2D eigenvalue weighted by Crippen LogP contribution is -2.41. The molecule has 1 spiro atoms. The van der Waals surface area contributed by atoms with Gasteiger partial charge in [0.25, 0.3) is 0 Å². The maximum absolute atomic E-state index is 12.1. The van der Waals surface area contributed by atoms with E-state index in [1.54, 1.807) is 0 Å². The molecule has 0 aromatic rings. The van der Waals surface area contributed by atoms with Crippen LogP contribution in [0.3, 0.4) is 0 Å². The third-order valence-corrected chi connectivity index (χ3v) is 12.1. The van der Waals surface area contributed by atoms with Crippen molar-refractivity contribution in [3.8, 4) is 0 Å². The first-order valence-corrected chi connectivity index (χ1v) is 20.8. The molecule has 2 saturated heterocycles. The minimum absolute atomic E-state index is 0.0528. The smallest absolute Gasteiger partial charge is 0.411 e. The summed E-state index contributed by atoms with van der Waals surface area (Å²) in [4.78, 5) is 98.3. The molecule has 22 heteroatoms. The molecule has 350 valence electrons. The SMILES string of the molecule is C=COC(=O)COC(=O)N(C)CCN(C)C(=O)OCC(=O)OCC1CCC2OC2C1.C=COC(=O)COC(=O)N(C)CN(C)C(=O)OCC(=O)OCC1CCC2C3CC4OC4(C3)C12. The molecule has 9 unspecified atom stereocenters. The van der Waals surface area contributed by atoms with E-state index in [2.05, 4.69) is 22.6 Å². The highest BCUT2D eigenvalue weighted by atomic mass is 16.6. The molecular formula is C41H58N4O18. The summed E-state index contributed by atoms with van der Waals surface area (Å²) < 4.78 is 50.2. The summed E-state index contributed by atoms with van der Waals surface area (Å²) in [7, 11) is 5.67. The van der Waals surface area contributed by atoms with Gasteiger partial charge in [-0.15, -0.1) is 0 Å². The Bertz CT molecular complexity index is 1730. The number of epoxide rings is 2.